The molecule has 0 aliphatic rings. The molecule has 0 amide bonds. The lowest BCUT2D eigenvalue weighted by atomic mass is 10.0. The molecule has 0 fully saturated rings. The standard InChI is InChI=1S/C12H14ClF4NO2/c1-2-3-6-4-8(13)10(20-12(16)17)7(5-18)9(6)19-11(14)15/h4,11-12H,2-3,5,18H2,1H3. The van der Waals surface area contributed by atoms with Gasteiger partial charge in [0, 0.05) is 6.54 Å². The molecule has 8 heteroatoms. The van der Waals surface area contributed by atoms with Crippen LogP contribution >= 0.6 is 11.6 Å². The Morgan fingerprint density at radius 3 is 2.15 bits per heavy atom. The number of halogens is 5. The third-order valence-electron chi connectivity index (χ3n) is 2.50. The van der Waals surface area contributed by atoms with Crippen molar-refractivity contribution in [2.45, 2.75) is 39.5 Å². The van der Waals surface area contributed by atoms with E-state index in [1.165, 1.54) is 6.07 Å². The van der Waals surface area contributed by atoms with Crippen LogP contribution in [0.3, 0.4) is 0 Å². The van der Waals surface area contributed by atoms with E-state index < -0.39 is 19.0 Å². The molecular formula is C12H14ClF4NO2. The van der Waals surface area contributed by atoms with E-state index in [0.29, 0.717) is 18.4 Å². The highest BCUT2D eigenvalue weighted by Gasteiger charge is 2.23. The number of nitrogens with two attached hydrogens (primary N) is 1. The Bertz CT molecular complexity index is 458. The zero-order chi connectivity index (χ0) is 15.3. The van der Waals surface area contributed by atoms with E-state index in [2.05, 4.69) is 9.47 Å². The monoisotopic (exact) mass is 315 g/mol. The van der Waals surface area contributed by atoms with Crippen molar-refractivity contribution in [3.63, 3.8) is 0 Å². The molecular weight excluding hydrogens is 302 g/mol. The van der Waals surface area contributed by atoms with Crippen molar-refractivity contribution in [2.75, 3.05) is 0 Å². The Balaban J connectivity index is 3.39. The summed E-state index contributed by atoms with van der Waals surface area (Å²) in [6.07, 6.45) is 1.03. The van der Waals surface area contributed by atoms with Crippen LogP contribution in [-0.4, -0.2) is 13.2 Å². The number of hydrogen-bond donors (Lipinski definition) is 1. The van der Waals surface area contributed by atoms with Crippen LogP contribution in [0.15, 0.2) is 6.07 Å². The van der Waals surface area contributed by atoms with Crippen LogP contribution in [0.25, 0.3) is 0 Å². The van der Waals surface area contributed by atoms with Crippen molar-refractivity contribution in [3.8, 4) is 11.5 Å². The molecule has 1 aromatic carbocycles. The fraction of sp³-hybridized carbons (Fsp3) is 0.500. The van der Waals surface area contributed by atoms with Crippen LogP contribution in [0.5, 0.6) is 11.5 Å². The fourth-order valence-electron chi connectivity index (χ4n) is 1.82. The molecule has 3 nitrogen and oxygen atoms in total. The Morgan fingerprint density at radius 1 is 1.15 bits per heavy atom. The van der Waals surface area contributed by atoms with Gasteiger partial charge in [-0.15, -0.1) is 0 Å². The molecule has 0 aromatic heterocycles. The number of alkyl halides is 4. The highest BCUT2D eigenvalue weighted by Crippen LogP contribution is 2.40. The first kappa shape index (κ1) is 16.8. The van der Waals surface area contributed by atoms with Crippen LogP contribution in [0.4, 0.5) is 17.6 Å². The molecule has 0 bridgehead atoms. The summed E-state index contributed by atoms with van der Waals surface area (Å²) in [6.45, 7) is -4.74. The normalized spacial score (nSPS) is 11.2. The molecule has 0 atom stereocenters. The minimum atomic E-state index is -3.14. The van der Waals surface area contributed by atoms with Gasteiger partial charge in [0.1, 0.15) is 5.75 Å². The molecule has 20 heavy (non-hydrogen) atoms. The van der Waals surface area contributed by atoms with Crippen LogP contribution in [0, 0.1) is 0 Å². The van der Waals surface area contributed by atoms with Crippen LogP contribution in [0.1, 0.15) is 24.5 Å². The molecule has 0 heterocycles. The summed E-state index contributed by atoms with van der Waals surface area (Å²) in [5, 5.41) is -0.115. The minimum Gasteiger partial charge on any atom is -0.434 e. The van der Waals surface area contributed by atoms with Crippen LogP contribution in [-0.2, 0) is 13.0 Å². The van der Waals surface area contributed by atoms with Gasteiger partial charge < -0.3 is 15.2 Å². The second-order valence-electron chi connectivity index (χ2n) is 3.87. The van der Waals surface area contributed by atoms with Gasteiger partial charge in [0.05, 0.1) is 10.6 Å². The molecule has 0 spiro atoms. The van der Waals surface area contributed by atoms with Gasteiger partial charge in [-0.05, 0) is 18.1 Å². The average molecular weight is 316 g/mol. The van der Waals surface area contributed by atoms with Crippen LogP contribution < -0.4 is 15.2 Å². The molecule has 1 aromatic rings. The van der Waals surface area contributed by atoms with Gasteiger partial charge in [0.25, 0.3) is 0 Å². The van der Waals surface area contributed by atoms with E-state index in [-0.39, 0.29) is 22.9 Å². The molecule has 0 radical (unpaired) electrons. The molecule has 0 saturated heterocycles. The highest BCUT2D eigenvalue weighted by atomic mass is 35.5. The van der Waals surface area contributed by atoms with Gasteiger partial charge in [-0.2, -0.15) is 17.6 Å². The van der Waals surface area contributed by atoms with Gasteiger partial charge in [0.15, 0.2) is 5.75 Å². The second-order valence-corrected chi connectivity index (χ2v) is 4.27. The summed E-state index contributed by atoms with van der Waals surface area (Å²) in [5.41, 5.74) is 5.71. The molecule has 114 valence electrons. The predicted molar refractivity (Wildman–Crippen MR) is 66.6 cm³/mol. The van der Waals surface area contributed by atoms with Gasteiger partial charge in [-0.1, -0.05) is 24.9 Å². The lowest BCUT2D eigenvalue weighted by Gasteiger charge is -2.19. The molecule has 0 aliphatic heterocycles. The second kappa shape index (κ2) is 7.54. The first-order valence-corrected chi connectivity index (χ1v) is 6.22. The summed E-state index contributed by atoms with van der Waals surface area (Å²) in [6, 6.07) is 1.28. The number of ether oxygens (including phenoxy) is 2. The maximum absolute atomic E-state index is 12.5. The first-order chi connectivity index (χ1) is 9.40. The Hall–Kier alpha value is -1.21. The lowest BCUT2D eigenvalue weighted by Crippen LogP contribution is -2.13. The number of aryl methyl sites for hydroxylation is 1. The average Bonchev–Trinajstić information content (AvgIpc) is 2.34. The topological polar surface area (TPSA) is 44.5 Å². The maximum atomic E-state index is 12.5. The Morgan fingerprint density at radius 2 is 1.70 bits per heavy atom. The van der Waals surface area contributed by atoms with E-state index in [9.17, 15) is 17.6 Å². The zero-order valence-electron chi connectivity index (χ0n) is 10.6. The summed E-state index contributed by atoms with van der Waals surface area (Å²) in [5.74, 6) is -0.677. The quantitative estimate of drug-likeness (QED) is 0.775. The predicted octanol–water partition coefficient (Wildman–Crippen LogP) is 3.95. The third-order valence-corrected chi connectivity index (χ3v) is 2.78. The van der Waals surface area contributed by atoms with E-state index in [4.69, 9.17) is 17.3 Å². The summed E-state index contributed by atoms with van der Waals surface area (Å²) in [7, 11) is 0. The number of hydrogen-bond acceptors (Lipinski definition) is 3. The summed E-state index contributed by atoms with van der Waals surface area (Å²) in [4.78, 5) is 0. The maximum Gasteiger partial charge on any atom is 0.387 e. The van der Waals surface area contributed by atoms with Crippen molar-refractivity contribution >= 4 is 11.6 Å². The SMILES string of the molecule is CCCc1cc(Cl)c(OC(F)F)c(CN)c1OC(F)F. The number of benzene rings is 1. The van der Waals surface area contributed by atoms with Crippen molar-refractivity contribution in [1.82, 2.24) is 0 Å². The Labute approximate surface area is 118 Å². The Kier molecular flexibility index (Phi) is 6.35. The van der Waals surface area contributed by atoms with Gasteiger partial charge in [-0.25, -0.2) is 0 Å². The largest absolute Gasteiger partial charge is 0.434 e. The van der Waals surface area contributed by atoms with Crippen molar-refractivity contribution in [3.05, 3.63) is 22.2 Å². The molecule has 0 aliphatic carbocycles. The summed E-state index contributed by atoms with van der Waals surface area (Å²) < 4.78 is 58.3. The van der Waals surface area contributed by atoms with Crippen molar-refractivity contribution in [1.29, 1.82) is 0 Å². The van der Waals surface area contributed by atoms with Crippen LogP contribution in [0.2, 0.25) is 5.02 Å². The number of rotatable bonds is 7. The lowest BCUT2D eigenvalue weighted by molar-refractivity contribution is -0.0557. The van der Waals surface area contributed by atoms with Gasteiger partial charge in [-0.3, -0.25) is 0 Å². The molecule has 0 unspecified atom stereocenters. The molecule has 1 rings (SSSR count). The highest BCUT2D eigenvalue weighted by molar-refractivity contribution is 6.32. The van der Waals surface area contributed by atoms with Gasteiger partial charge in [0.2, 0.25) is 0 Å². The molecule has 0 saturated carbocycles. The van der Waals surface area contributed by atoms with Crippen molar-refractivity contribution in [2.24, 2.45) is 5.73 Å². The zero-order valence-corrected chi connectivity index (χ0v) is 11.4. The summed E-state index contributed by atoms with van der Waals surface area (Å²) >= 11 is 5.84. The van der Waals surface area contributed by atoms with E-state index in [0.717, 1.165) is 0 Å². The minimum absolute atomic E-state index is 0.0958. The fourth-order valence-corrected chi connectivity index (χ4v) is 2.11. The first-order valence-electron chi connectivity index (χ1n) is 5.84. The van der Waals surface area contributed by atoms with Gasteiger partial charge >= 0.3 is 13.2 Å². The van der Waals surface area contributed by atoms with Crippen molar-refractivity contribution < 1.29 is 27.0 Å². The smallest absolute Gasteiger partial charge is 0.387 e. The van der Waals surface area contributed by atoms with E-state index in [1.807, 2.05) is 6.92 Å². The molecule has 2 N–H and O–H groups in total. The van der Waals surface area contributed by atoms with E-state index in [1.54, 1.807) is 0 Å². The van der Waals surface area contributed by atoms with E-state index >= 15 is 0 Å². The third kappa shape index (κ3) is 4.14.